The topological polar surface area (TPSA) is 69.9 Å². The fourth-order valence-corrected chi connectivity index (χ4v) is 1.19. The zero-order valence-electron chi connectivity index (χ0n) is 15.0. The molecular formula is C18H31N3O. The van der Waals surface area contributed by atoms with Crippen molar-refractivity contribution in [2.24, 2.45) is 0 Å². The Morgan fingerprint density at radius 2 is 1.09 bits per heavy atom. The maximum Gasteiger partial charge on any atom is 0.0715 e. The van der Waals surface area contributed by atoms with Crippen molar-refractivity contribution in [2.45, 2.75) is 41.5 Å². The van der Waals surface area contributed by atoms with Crippen LogP contribution in [0.25, 0.3) is 0 Å². The van der Waals surface area contributed by atoms with Crippen molar-refractivity contribution < 1.29 is 5.11 Å². The molecule has 4 nitrogen and oxygen atoms in total. The summed E-state index contributed by atoms with van der Waals surface area (Å²) in [4.78, 5) is 7.94. The van der Waals surface area contributed by atoms with Gasteiger partial charge in [-0.3, -0.25) is 15.4 Å². The van der Waals surface area contributed by atoms with Gasteiger partial charge in [0.25, 0.3) is 0 Å². The number of aromatic nitrogens is 2. The molecule has 0 saturated heterocycles. The van der Waals surface area contributed by atoms with Crippen LogP contribution in [-0.2, 0) is 0 Å². The molecule has 0 aliphatic heterocycles. The molecule has 124 valence electrons. The third-order valence-corrected chi connectivity index (χ3v) is 1.90. The van der Waals surface area contributed by atoms with Gasteiger partial charge < -0.3 is 5.11 Å². The highest BCUT2D eigenvalue weighted by Gasteiger charge is 2.03. The Balaban J connectivity index is -0.000000394. The molecule has 2 heterocycles. The maximum absolute atomic E-state index is 7.89. The molecular weight excluding hydrogens is 274 g/mol. The number of hydrogen-bond acceptors (Lipinski definition) is 4. The van der Waals surface area contributed by atoms with E-state index < -0.39 is 0 Å². The molecule has 0 spiro atoms. The van der Waals surface area contributed by atoms with Gasteiger partial charge in [-0.2, -0.15) is 0 Å². The van der Waals surface area contributed by atoms with Gasteiger partial charge >= 0.3 is 0 Å². The lowest BCUT2D eigenvalue weighted by Gasteiger charge is -2.01. The van der Waals surface area contributed by atoms with Gasteiger partial charge in [0.15, 0.2) is 0 Å². The van der Waals surface area contributed by atoms with Crippen LogP contribution in [0, 0.1) is 5.41 Å². The first-order chi connectivity index (χ1) is 10.9. The molecule has 0 unspecified atom stereocenters. The minimum atomic E-state index is 0.450. The highest BCUT2D eigenvalue weighted by atomic mass is 16.2. The Hall–Kier alpha value is -2.07. The second-order valence-corrected chi connectivity index (χ2v) is 2.86. The molecule has 0 aromatic carbocycles. The summed E-state index contributed by atoms with van der Waals surface area (Å²) in [7, 11) is 1.00. The van der Waals surface area contributed by atoms with Crippen LogP contribution < -0.4 is 0 Å². The van der Waals surface area contributed by atoms with E-state index >= 15 is 0 Å². The second-order valence-electron chi connectivity index (χ2n) is 2.86. The Kier molecular flexibility index (Phi) is 24.0. The molecule has 0 radical (unpaired) electrons. The fourth-order valence-electron chi connectivity index (χ4n) is 1.19. The van der Waals surface area contributed by atoms with E-state index in [0.717, 1.165) is 18.2 Å². The molecule has 0 fully saturated rings. The average Bonchev–Trinajstić information content (AvgIpc) is 2.69. The van der Waals surface area contributed by atoms with E-state index in [0.29, 0.717) is 5.71 Å². The highest BCUT2D eigenvalue weighted by Crippen LogP contribution is 2.06. The van der Waals surface area contributed by atoms with Gasteiger partial charge in [-0.25, -0.2) is 0 Å². The third-order valence-electron chi connectivity index (χ3n) is 1.90. The van der Waals surface area contributed by atoms with Crippen molar-refractivity contribution in [3.05, 3.63) is 60.2 Å². The number of rotatable bonds is 2. The number of aliphatic hydroxyl groups is 1. The van der Waals surface area contributed by atoms with E-state index in [2.05, 4.69) is 9.97 Å². The number of hydrogen-bond donors (Lipinski definition) is 2. The largest absolute Gasteiger partial charge is 0.400 e. The van der Waals surface area contributed by atoms with Crippen LogP contribution in [0.4, 0.5) is 0 Å². The van der Waals surface area contributed by atoms with Crippen LogP contribution in [0.1, 0.15) is 52.7 Å². The molecule has 2 aromatic rings. The van der Waals surface area contributed by atoms with Crippen molar-refractivity contribution in [3.8, 4) is 0 Å². The first kappa shape index (κ1) is 24.9. The molecule has 0 saturated carbocycles. The lowest BCUT2D eigenvalue weighted by Crippen LogP contribution is -2.01. The van der Waals surface area contributed by atoms with Gasteiger partial charge in [0.1, 0.15) is 0 Å². The molecule has 22 heavy (non-hydrogen) atoms. The van der Waals surface area contributed by atoms with Gasteiger partial charge in [0, 0.05) is 43.0 Å². The molecule has 2 N–H and O–H groups in total. The monoisotopic (exact) mass is 305 g/mol. The molecule has 4 heteroatoms. The molecule has 0 aliphatic carbocycles. The summed E-state index contributed by atoms with van der Waals surface area (Å²) in [5.41, 5.74) is 2.06. The zero-order chi connectivity index (χ0) is 17.8. The summed E-state index contributed by atoms with van der Waals surface area (Å²) >= 11 is 0. The smallest absolute Gasteiger partial charge is 0.0715 e. The van der Waals surface area contributed by atoms with Gasteiger partial charge in [0.2, 0.25) is 0 Å². The SMILES string of the molecule is CC.CC.CC.CO.N=C(c1cccnc1)c1cccnc1. The first-order valence-corrected chi connectivity index (χ1v) is 7.72. The molecule has 0 aliphatic rings. The van der Waals surface area contributed by atoms with Gasteiger partial charge in [-0.1, -0.05) is 41.5 Å². The Labute approximate surface area is 135 Å². The molecule has 2 aromatic heterocycles. The standard InChI is InChI=1S/C11H9N3.3C2H6.CH4O/c12-11(9-3-1-5-13-7-9)10-4-2-6-14-8-10;4*1-2/h1-8,12H;3*1-2H3;2H,1H3. The number of pyridine rings is 2. The Bertz CT molecular complexity index is 389. The predicted octanol–water partition coefficient (Wildman–Crippen LogP) is 4.58. The Morgan fingerprint density at radius 1 is 0.773 bits per heavy atom. The van der Waals surface area contributed by atoms with E-state index in [9.17, 15) is 0 Å². The van der Waals surface area contributed by atoms with Crippen molar-refractivity contribution >= 4 is 5.71 Å². The minimum absolute atomic E-state index is 0.450. The molecule has 0 amide bonds. The van der Waals surface area contributed by atoms with E-state index in [1.807, 2.05) is 65.8 Å². The summed E-state index contributed by atoms with van der Waals surface area (Å²) in [6, 6.07) is 7.37. The maximum atomic E-state index is 7.89. The zero-order valence-corrected chi connectivity index (χ0v) is 15.0. The molecule has 0 bridgehead atoms. The minimum Gasteiger partial charge on any atom is -0.400 e. The summed E-state index contributed by atoms with van der Waals surface area (Å²) < 4.78 is 0. The van der Waals surface area contributed by atoms with Crippen LogP contribution in [0.15, 0.2) is 49.1 Å². The van der Waals surface area contributed by atoms with Gasteiger partial charge in [-0.15, -0.1) is 0 Å². The van der Waals surface area contributed by atoms with Crippen molar-refractivity contribution in [2.75, 3.05) is 7.11 Å². The van der Waals surface area contributed by atoms with Crippen LogP contribution in [0.3, 0.4) is 0 Å². The van der Waals surface area contributed by atoms with Crippen LogP contribution in [0.2, 0.25) is 0 Å². The molecule has 0 atom stereocenters. The summed E-state index contributed by atoms with van der Waals surface area (Å²) in [6.45, 7) is 12.0. The van der Waals surface area contributed by atoms with E-state index in [-0.39, 0.29) is 0 Å². The van der Waals surface area contributed by atoms with Gasteiger partial charge in [-0.05, 0) is 24.3 Å². The van der Waals surface area contributed by atoms with Crippen LogP contribution in [0.5, 0.6) is 0 Å². The number of nitrogens with one attached hydrogen (secondary N) is 1. The van der Waals surface area contributed by atoms with Crippen molar-refractivity contribution in [3.63, 3.8) is 0 Å². The summed E-state index contributed by atoms with van der Waals surface area (Å²) in [5.74, 6) is 0. The summed E-state index contributed by atoms with van der Waals surface area (Å²) in [6.07, 6.45) is 6.74. The molecule has 2 rings (SSSR count). The van der Waals surface area contributed by atoms with Gasteiger partial charge in [0.05, 0.1) is 5.71 Å². The highest BCUT2D eigenvalue weighted by molar-refractivity contribution is 6.10. The fraction of sp³-hybridized carbons (Fsp3) is 0.389. The van der Waals surface area contributed by atoms with E-state index in [4.69, 9.17) is 10.5 Å². The number of nitrogens with zero attached hydrogens (tertiary/aromatic N) is 2. The van der Waals surface area contributed by atoms with E-state index in [1.165, 1.54) is 0 Å². The lowest BCUT2D eigenvalue weighted by atomic mass is 10.1. The van der Waals surface area contributed by atoms with Crippen LogP contribution in [-0.4, -0.2) is 27.9 Å². The lowest BCUT2D eigenvalue weighted by molar-refractivity contribution is 0.399. The predicted molar refractivity (Wildman–Crippen MR) is 96.6 cm³/mol. The first-order valence-electron chi connectivity index (χ1n) is 7.72. The average molecular weight is 305 g/mol. The van der Waals surface area contributed by atoms with Crippen molar-refractivity contribution in [1.82, 2.24) is 9.97 Å². The quantitative estimate of drug-likeness (QED) is 0.798. The Morgan fingerprint density at radius 3 is 1.32 bits per heavy atom. The van der Waals surface area contributed by atoms with Crippen molar-refractivity contribution in [1.29, 1.82) is 5.41 Å². The number of aliphatic hydroxyl groups excluding tert-OH is 1. The third kappa shape index (κ3) is 10.7. The second kappa shape index (κ2) is 21.2. The van der Waals surface area contributed by atoms with E-state index in [1.54, 1.807) is 24.8 Å². The summed E-state index contributed by atoms with van der Waals surface area (Å²) in [5, 5.41) is 14.9. The van der Waals surface area contributed by atoms with Crippen LogP contribution >= 0.6 is 0 Å². The normalized spacial score (nSPS) is 7.27.